The molecule has 5 nitrogen and oxygen atoms in total. The number of nitrogens with zero attached hydrogens (tertiary/aromatic N) is 2. The van der Waals surface area contributed by atoms with E-state index in [1.54, 1.807) is 0 Å². The second-order valence-corrected chi connectivity index (χ2v) is 11.8. The predicted octanol–water partition coefficient (Wildman–Crippen LogP) is 4.15. The summed E-state index contributed by atoms with van der Waals surface area (Å²) in [5, 5.41) is 12.0. The molecular formula is C30H40N2O3. The number of carbonyl (C=O) groups excluding carboxylic acids is 1. The van der Waals surface area contributed by atoms with Crippen molar-refractivity contribution in [3.8, 4) is 0 Å². The molecule has 4 unspecified atom stereocenters. The molecule has 1 heterocycles. The van der Waals surface area contributed by atoms with Gasteiger partial charge in [-0.25, -0.2) is 4.79 Å². The van der Waals surface area contributed by atoms with E-state index in [1.807, 2.05) is 60.7 Å². The van der Waals surface area contributed by atoms with Gasteiger partial charge in [0.1, 0.15) is 6.10 Å². The fourth-order valence-electron chi connectivity index (χ4n) is 7.23. The third-order valence-corrected chi connectivity index (χ3v) is 9.88. The van der Waals surface area contributed by atoms with Crippen LogP contribution in [0.2, 0.25) is 0 Å². The van der Waals surface area contributed by atoms with E-state index >= 15 is 0 Å². The Balaban J connectivity index is 1.47. The van der Waals surface area contributed by atoms with E-state index in [4.69, 9.17) is 4.74 Å². The van der Waals surface area contributed by atoms with Gasteiger partial charge in [0.05, 0.1) is 0 Å². The Kier molecular flexibility index (Phi) is 6.31. The average Bonchev–Trinajstić information content (AvgIpc) is 3.19. The standard InChI is InChI=1S/C30H40N2O3/c1-28(2)25-15-16-29(28,3)26(24(25)21-32-19-17-31(4)18-20-32)35-27(33)30(34,22-11-7-5-8-12-22)23-13-9-6-10-14-23/h5-14,24-26,34H,15-21H2,1-4H3. The summed E-state index contributed by atoms with van der Waals surface area (Å²) in [5.74, 6) is 0.214. The number of likely N-dealkylation sites (N-methyl/N-ethyl adjacent to an activating group) is 1. The first-order valence-corrected chi connectivity index (χ1v) is 13.1. The van der Waals surface area contributed by atoms with Gasteiger partial charge < -0.3 is 19.6 Å². The Bertz CT molecular complexity index is 993. The molecule has 2 aromatic carbocycles. The van der Waals surface area contributed by atoms with Crippen molar-refractivity contribution in [1.29, 1.82) is 0 Å². The normalized spacial score (nSPS) is 30.9. The lowest BCUT2D eigenvalue weighted by Gasteiger charge is -2.42. The molecule has 0 radical (unpaired) electrons. The van der Waals surface area contributed by atoms with Crippen LogP contribution in [-0.4, -0.2) is 66.8 Å². The molecule has 1 N–H and O–H groups in total. The molecule has 0 aromatic heterocycles. The minimum atomic E-state index is -1.84. The number of fused-ring (bicyclic) bond motifs is 2. The van der Waals surface area contributed by atoms with E-state index in [-0.39, 0.29) is 22.9 Å². The molecule has 2 aromatic rings. The quantitative estimate of drug-likeness (QED) is 0.635. The lowest BCUT2D eigenvalue weighted by atomic mass is 9.70. The van der Waals surface area contributed by atoms with Crippen LogP contribution in [-0.2, 0) is 15.1 Å². The molecule has 1 saturated heterocycles. The largest absolute Gasteiger partial charge is 0.459 e. The van der Waals surface area contributed by atoms with Gasteiger partial charge in [-0.2, -0.15) is 0 Å². The summed E-state index contributed by atoms with van der Waals surface area (Å²) >= 11 is 0. The molecule has 5 heteroatoms. The summed E-state index contributed by atoms with van der Waals surface area (Å²) in [5.41, 5.74) is -0.798. The highest BCUT2D eigenvalue weighted by Gasteiger charge is 2.68. The highest BCUT2D eigenvalue weighted by Crippen LogP contribution is 2.68. The monoisotopic (exact) mass is 476 g/mol. The fraction of sp³-hybridized carbons (Fsp3) is 0.567. The number of ether oxygens (including phenoxy) is 1. The first-order valence-electron chi connectivity index (χ1n) is 13.1. The number of hydrogen-bond donors (Lipinski definition) is 1. The van der Waals surface area contributed by atoms with Crippen molar-refractivity contribution in [3.63, 3.8) is 0 Å². The second kappa shape index (κ2) is 9.02. The van der Waals surface area contributed by atoms with Crippen LogP contribution < -0.4 is 0 Å². The van der Waals surface area contributed by atoms with E-state index < -0.39 is 11.6 Å². The molecule has 4 atom stereocenters. The van der Waals surface area contributed by atoms with Crippen LogP contribution in [0.5, 0.6) is 0 Å². The molecule has 5 rings (SSSR count). The number of rotatable bonds is 6. The SMILES string of the molecule is CN1CCN(CC2C3CCC(C)(C2OC(=O)C(O)(c2ccccc2)c2ccccc2)C3(C)C)CC1. The summed E-state index contributed by atoms with van der Waals surface area (Å²) in [4.78, 5) is 19.0. The molecular weight excluding hydrogens is 436 g/mol. The van der Waals surface area contributed by atoms with Crippen molar-refractivity contribution >= 4 is 5.97 Å². The van der Waals surface area contributed by atoms with Crippen LogP contribution >= 0.6 is 0 Å². The molecule has 2 aliphatic carbocycles. The van der Waals surface area contributed by atoms with Crippen molar-refractivity contribution in [2.75, 3.05) is 39.8 Å². The van der Waals surface area contributed by atoms with Gasteiger partial charge in [-0.1, -0.05) is 81.4 Å². The summed E-state index contributed by atoms with van der Waals surface area (Å²) < 4.78 is 6.51. The van der Waals surface area contributed by atoms with Gasteiger partial charge in [-0.05, 0) is 42.3 Å². The van der Waals surface area contributed by atoms with E-state index in [0.29, 0.717) is 17.0 Å². The maximum absolute atomic E-state index is 14.0. The Morgan fingerprint density at radius 1 is 0.971 bits per heavy atom. The molecule has 2 bridgehead atoms. The molecule has 2 saturated carbocycles. The van der Waals surface area contributed by atoms with Crippen LogP contribution in [0.25, 0.3) is 0 Å². The lowest BCUT2D eigenvalue weighted by Crippen LogP contribution is -2.51. The van der Waals surface area contributed by atoms with Crippen molar-refractivity contribution in [2.24, 2.45) is 22.7 Å². The van der Waals surface area contributed by atoms with Gasteiger partial charge in [0.15, 0.2) is 0 Å². The van der Waals surface area contributed by atoms with Crippen LogP contribution in [0, 0.1) is 22.7 Å². The van der Waals surface area contributed by atoms with Crippen LogP contribution in [0.4, 0.5) is 0 Å². The number of carbonyl (C=O) groups is 1. The maximum atomic E-state index is 14.0. The zero-order chi connectivity index (χ0) is 24.8. The van der Waals surface area contributed by atoms with Crippen molar-refractivity contribution in [3.05, 3.63) is 71.8 Å². The highest BCUT2D eigenvalue weighted by molar-refractivity contribution is 5.85. The first-order chi connectivity index (χ1) is 16.7. The molecule has 3 fully saturated rings. The van der Waals surface area contributed by atoms with Gasteiger partial charge in [0.25, 0.3) is 0 Å². The number of esters is 1. The lowest BCUT2D eigenvalue weighted by molar-refractivity contribution is -0.179. The Morgan fingerprint density at radius 2 is 1.51 bits per heavy atom. The van der Waals surface area contributed by atoms with Crippen LogP contribution in [0.3, 0.4) is 0 Å². The topological polar surface area (TPSA) is 53.0 Å². The van der Waals surface area contributed by atoms with Gasteiger partial charge >= 0.3 is 5.97 Å². The van der Waals surface area contributed by atoms with Gasteiger partial charge in [0.2, 0.25) is 5.60 Å². The number of piperazine rings is 1. The Labute approximate surface area is 210 Å². The maximum Gasteiger partial charge on any atom is 0.347 e. The molecule has 35 heavy (non-hydrogen) atoms. The zero-order valence-corrected chi connectivity index (χ0v) is 21.6. The average molecular weight is 477 g/mol. The molecule has 188 valence electrons. The van der Waals surface area contributed by atoms with Gasteiger partial charge in [-0.3, -0.25) is 0 Å². The highest BCUT2D eigenvalue weighted by atomic mass is 16.6. The summed E-state index contributed by atoms with van der Waals surface area (Å²) in [6.07, 6.45) is 2.01. The van der Waals surface area contributed by atoms with Gasteiger partial charge in [-0.15, -0.1) is 0 Å². The van der Waals surface area contributed by atoms with E-state index in [9.17, 15) is 9.90 Å². The summed E-state index contributed by atoms with van der Waals surface area (Å²) in [6.45, 7) is 12.2. The minimum Gasteiger partial charge on any atom is -0.459 e. The number of hydrogen-bond acceptors (Lipinski definition) is 5. The van der Waals surface area contributed by atoms with E-state index in [1.165, 1.54) is 6.42 Å². The van der Waals surface area contributed by atoms with Crippen molar-refractivity contribution in [2.45, 2.75) is 45.3 Å². The number of benzene rings is 2. The fourth-order valence-corrected chi connectivity index (χ4v) is 7.23. The number of aliphatic hydroxyl groups is 1. The van der Waals surface area contributed by atoms with Crippen molar-refractivity contribution in [1.82, 2.24) is 9.80 Å². The third kappa shape index (κ3) is 3.92. The van der Waals surface area contributed by atoms with Crippen LogP contribution in [0.15, 0.2) is 60.7 Å². The van der Waals surface area contributed by atoms with E-state index in [2.05, 4.69) is 37.6 Å². The molecule has 0 amide bonds. The molecule has 1 aliphatic heterocycles. The smallest absolute Gasteiger partial charge is 0.347 e. The first kappa shape index (κ1) is 24.5. The summed E-state index contributed by atoms with van der Waals surface area (Å²) in [6, 6.07) is 18.4. The van der Waals surface area contributed by atoms with E-state index in [0.717, 1.165) is 39.1 Å². The second-order valence-electron chi connectivity index (χ2n) is 11.8. The Hall–Kier alpha value is -2.21. The predicted molar refractivity (Wildman–Crippen MR) is 138 cm³/mol. The zero-order valence-electron chi connectivity index (χ0n) is 21.6. The minimum absolute atomic E-state index is 0.0762. The molecule has 3 aliphatic rings. The van der Waals surface area contributed by atoms with Gasteiger partial charge in [0, 0.05) is 44.1 Å². The molecule has 0 spiro atoms. The van der Waals surface area contributed by atoms with Crippen LogP contribution in [0.1, 0.15) is 44.7 Å². The summed E-state index contributed by atoms with van der Waals surface area (Å²) in [7, 11) is 2.18. The third-order valence-electron chi connectivity index (χ3n) is 9.88. The van der Waals surface area contributed by atoms with Crippen molar-refractivity contribution < 1.29 is 14.6 Å². The Morgan fingerprint density at radius 3 is 2.06 bits per heavy atom.